The number of hydrogen-bond donors (Lipinski definition) is 0. The van der Waals surface area contributed by atoms with Crippen molar-refractivity contribution >= 4 is 23.2 Å². The Morgan fingerprint density at radius 1 is 1.25 bits per heavy atom. The molecule has 0 saturated heterocycles. The molecule has 1 heterocycles. The first kappa shape index (κ1) is 11.3. The minimum Gasteiger partial charge on any atom is -0.438 e. The van der Waals surface area contributed by atoms with Gasteiger partial charge in [0.05, 0.1) is 10.7 Å². The number of ether oxygens (including phenoxy) is 1. The van der Waals surface area contributed by atoms with Crippen LogP contribution in [0.25, 0.3) is 0 Å². The smallest absolute Gasteiger partial charge is 0.217 e. The SMILES string of the molecule is Cc1cc(Oc2cc(Cl)ccc2Cl)n(C)n1. The first-order valence-corrected chi connectivity index (χ1v) is 5.45. The Bertz CT molecular complexity index is 523. The van der Waals surface area contributed by atoms with Crippen LogP contribution < -0.4 is 4.74 Å². The van der Waals surface area contributed by atoms with Gasteiger partial charge < -0.3 is 4.74 Å². The van der Waals surface area contributed by atoms with Crippen molar-refractivity contribution in [1.82, 2.24) is 9.78 Å². The Labute approximate surface area is 104 Å². The summed E-state index contributed by atoms with van der Waals surface area (Å²) in [5.74, 6) is 1.15. The zero-order valence-corrected chi connectivity index (χ0v) is 10.4. The lowest BCUT2D eigenvalue weighted by Crippen LogP contribution is -1.95. The van der Waals surface area contributed by atoms with Gasteiger partial charge in [-0.25, -0.2) is 4.68 Å². The summed E-state index contributed by atoms with van der Waals surface area (Å²) in [5, 5.41) is 5.27. The predicted octanol–water partition coefficient (Wildman–Crippen LogP) is 3.83. The molecule has 0 bridgehead atoms. The molecule has 84 valence electrons. The van der Waals surface area contributed by atoms with Crippen LogP contribution in [-0.2, 0) is 7.05 Å². The molecular formula is C11H10Cl2N2O. The van der Waals surface area contributed by atoms with E-state index >= 15 is 0 Å². The normalized spacial score (nSPS) is 10.5. The van der Waals surface area contributed by atoms with Crippen LogP contribution in [0.5, 0.6) is 11.6 Å². The third kappa shape index (κ3) is 2.31. The topological polar surface area (TPSA) is 27.1 Å². The summed E-state index contributed by atoms with van der Waals surface area (Å²) < 4.78 is 7.27. The molecule has 0 saturated carbocycles. The third-order valence-electron chi connectivity index (χ3n) is 2.07. The highest BCUT2D eigenvalue weighted by molar-refractivity contribution is 6.34. The molecule has 0 aliphatic carbocycles. The molecule has 0 unspecified atom stereocenters. The van der Waals surface area contributed by atoms with Crippen LogP contribution in [0, 0.1) is 6.92 Å². The summed E-state index contributed by atoms with van der Waals surface area (Å²) in [6.07, 6.45) is 0. The number of benzene rings is 1. The van der Waals surface area contributed by atoms with Gasteiger partial charge in [0.2, 0.25) is 5.88 Å². The van der Waals surface area contributed by atoms with E-state index in [0.717, 1.165) is 5.69 Å². The molecule has 0 spiro atoms. The van der Waals surface area contributed by atoms with Crippen molar-refractivity contribution < 1.29 is 4.74 Å². The van der Waals surface area contributed by atoms with Crippen molar-refractivity contribution in [3.05, 3.63) is 40.0 Å². The monoisotopic (exact) mass is 256 g/mol. The van der Waals surface area contributed by atoms with Crippen molar-refractivity contribution in [2.75, 3.05) is 0 Å². The van der Waals surface area contributed by atoms with Gasteiger partial charge in [-0.3, -0.25) is 0 Å². The Kier molecular flexibility index (Phi) is 3.08. The van der Waals surface area contributed by atoms with Gasteiger partial charge in [-0.05, 0) is 19.1 Å². The Morgan fingerprint density at radius 2 is 2.00 bits per heavy atom. The molecule has 2 rings (SSSR count). The zero-order valence-electron chi connectivity index (χ0n) is 8.87. The number of aromatic nitrogens is 2. The summed E-state index contributed by atoms with van der Waals surface area (Å²) in [4.78, 5) is 0. The van der Waals surface area contributed by atoms with Gasteiger partial charge in [0.1, 0.15) is 5.75 Å². The lowest BCUT2D eigenvalue weighted by molar-refractivity contribution is 0.431. The zero-order chi connectivity index (χ0) is 11.7. The molecule has 5 heteroatoms. The summed E-state index contributed by atoms with van der Waals surface area (Å²) >= 11 is 11.9. The fourth-order valence-electron chi connectivity index (χ4n) is 1.35. The van der Waals surface area contributed by atoms with Gasteiger partial charge in [0.15, 0.2) is 0 Å². The van der Waals surface area contributed by atoms with Crippen molar-refractivity contribution in [2.45, 2.75) is 6.92 Å². The largest absolute Gasteiger partial charge is 0.438 e. The van der Waals surface area contributed by atoms with E-state index in [2.05, 4.69) is 5.10 Å². The van der Waals surface area contributed by atoms with E-state index in [0.29, 0.717) is 21.7 Å². The van der Waals surface area contributed by atoms with Gasteiger partial charge in [-0.2, -0.15) is 5.10 Å². The lowest BCUT2D eigenvalue weighted by atomic mass is 10.3. The summed E-state index contributed by atoms with van der Waals surface area (Å²) in [5.41, 5.74) is 0.885. The lowest BCUT2D eigenvalue weighted by Gasteiger charge is -2.07. The molecule has 0 atom stereocenters. The maximum Gasteiger partial charge on any atom is 0.217 e. The highest BCUT2D eigenvalue weighted by Crippen LogP contribution is 2.31. The van der Waals surface area contributed by atoms with Gasteiger partial charge in [0, 0.05) is 24.2 Å². The predicted molar refractivity (Wildman–Crippen MR) is 64.5 cm³/mol. The van der Waals surface area contributed by atoms with E-state index in [9.17, 15) is 0 Å². The fraction of sp³-hybridized carbons (Fsp3) is 0.182. The van der Waals surface area contributed by atoms with Crippen LogP contribution in [0.3, 0.4) is 0 Å². The van der Waals surface area contributed by atoms with Crippen molar-refractivity contribution in [1.29, 1.82) is 0 Å². The van der Waals surface area contributed by atoms with Gasteiger partial charge in [-0.1, -0.05) is 23.2 Å². The second-order valence-corrected chi connectivity index (χ2v) is 4.27. The molecule has 3 nitrogen and oxygen atoms in total. The number of rotatable bonds is 2. The molecule has 0 aliphatic heterocycles. The second-order valence-electron chi connectivity index (χ2n) is 3.42. The number of nitrogens with zero attached hydrogens (tertiary/aromatic N) is 2. The second kappa shape index (κ2) is 4.36. The van der Waals surface area contributed by atoms with E-state index in [1.54, 1.807) is 29.9 Å². The average molecular weight is 257 g/mol. The molecule has 0 amide bonds. The first-order chi connectivity index (χ1) is 7.56. The average Bonchev–Trinajstić information content (AvgIpc) is 2.51. The van der Waals surface area contributed by atoms with Crippen LogP contribution in [0.1, 0.15) is 5.69 Å². The maximum atomic E-state index is 5.99. The van der Waals surface area contributed by atoms with Crippen molar-refractivity contribution in [3.63, 3.8) is 0 Å². The molecule has 1 aromatic carbocycles. The fourth-order valence-corrected chi connectivity index (χ4v) is 1.67. The van der Waals surface area contributed by atoms with E-state index in [1.807, 2.05) is 13.0 Å². The molecular weight excluding hydrogens is 247 g/mol. The minimum absolute atomic E-state index is 0.517. The summed E-state index contributed by atoms with van der Waals surface area (Å²) in [6.45, 7) is 1.90. The van der Waals surface area contributed by atoms with E-state index in [-0.39, 0.29) is 0 Å². The molecule has 0 N–H and O–H groups in total. The highest BCUT2D eigenvalue weighted by Gasteiger charge is 2.08. The maximum absolute atomic E-state index is 5.99. The Morgan fingerprint density at radius 3 is 2.62 bits per heavy atom. The molecule has 0 aliphatic rings. The van der Waals surface area contributed by atoms with Crippen molar-refractivity contribution in [2.24, 2.45) is 7.05 Å². The minimum atomic E-state index is 0.517. The molecule has 1 aromatic heterocycles. The number of halogens is 2. The van der Waals surface area contributed by atoms with Crippen molar-refractivity contribution in [3.8, 4) is 11.6 Å². The van der Waals surface area contributed by atoms with E-state index in [1.165, 1.54) is 0 Å². The standard InChI is InChI=1S/C11H10Cl2N2O/c1-7-5-11(15(2)14-7)16-10-6-8(12)3-4-9(10)13/h3-6H,1-2H3. The van der Waals surface area contributed by atoms with Crippen LogP contribution in [0.2, 0.25) is 10.0 Å². The summed E-state index contributed by atoms with van der Waals surface area (Å²) in [6, 6.07) is 6.91. The third-order valence-corrected chi connectivity index (χ3v) is 2.61. The number of aryl methyl sites for hydroxylation is 2. The summed E-state index contributed by atoms with van der Waals surface area (Å²) in [7, 11) is 1.81. The van der Waals surface area contributed by atoms with Crippen LogP contribution in [0.15, 0.2) is 24.3 Å². The van der Waals surface area contributed by atoms with Crippen LogP contribution in [-0.4, -0.2) is 9.78 Å². The van der Waals surface area contributed by atoms with Gasteiger partial charge in [0.25, 0.3) is 0 Å². The Hall–Kier alpha value is -1.19. The van der Waals surface area contributed by atoms with Crippen LogP contribution >= 0.6 is 23.2 Å². The first-order valence-electron chi connectivity index (χ1n) is 4.70. The molecule has 0 fully saturated rings. The molecule has 0 radical (unpaired) electrons. The van der Waals surface area contributed by atoms with E-state index < -0.39 is 0 Å². The van der Waals surface area contributed by atoms with Crippen LogP contribution in [0.4, 0.5) is 0 Å². The highest BCUT2D eigenvalue weighted by atomic mass is 35.5. The van der Waals surface area contributed by atoms with E-state index in [4.69, 9.17) is 27.9 Å². The van der Waals surface area contributed by atoms with Gasteiger partial charge in [-0.15, -0.1) is 0 Å². The Balaban J connectivity index is 2.33. The quantitative estimate of drug-likeness (QED) is 0.817. The molecule has 16 heavy (non-hydrogen) atoms. The van der Waals surface area contributed by atoms with Gasteiger partial charge >= 0.3 is 0 Å². The molecule has 2 aromatic rings. The number of hydrogen-bond acceptors (Lipinski definition) is 2.